The quantitative estimate of drug-likeness (QED) is 0.0435. The third kappa shape index (κ3) is 25.1. The van der Waals surface area contributed by atoms with E-state index in [9.17, 15) is 34.2 Å². The predicted molar refractivity (Wildman–Crippen MR) is 297 cm³/mol. The van der Waals surface area contributed by atoms with Crippen molar-refractivity contribution in [2.75, 3.05) is 63.2 Å². The summed E-state index contributed by atoms with van der Waals surface area (Å²) in [5.41, 5.74) is 1.10. The number of likely N-dealkylation sites (N-methyl/N-ethyl adjacent to an activating group) is 2. The fraction of sp³-hybridized carbons (Fsp3) is 0.746. The molecule has 2 N–H and O–H groups in total. The summed E-state index contributed by atoms with van der Waals surface area (Å²) in [4.78, 5) is 69.3. The molecule has 0 aromatic carbocycles. The van der Waals surface area contributed by atoms with Gasteiger partial charge in [0.1, 0.15) is 36.5 Å². The zero-order valence-electron chi connectivity index (χ0n) is 49.6. The second-order valence-electron chi connectivity index (χ2n) is 21.9. The van der Waals surface area contributed by atoms with Gasteiger partial charge in [-0.1, -0.05) is 91.0 Å². The number of hydrogen-bond donors (Lipinski definition) is 2. The Labute approximate surface area is 457 Å². The molecule has 0 spiro atoms. The molecule has 0 fully saturated rings. The first-order valence-electron chi connectivity index (χ1n) is 27.3. The van der Waals surface area contributed by atoms with Crippen molar-refractivity contribution in [3.63, 3.8) is 0 Å². The standard InChI is InChI=1S/C59H101N3O14/c1-38-27-28-39(2)50(72-18)31-29-40(3)56(67)44(7)52(76-59(69)49(36-70-16)61(13)14)24-20-19-21-26-54(65)74-51(25-22-23-48(35-38)71-17)43(6)55(66)41(4)30-32-53(75-58(68)46(9)60(11)12)45(8)57(73-47(10)64)42(5)33-34-62(15)37-63/h19-23,26,28,33-34,37-38,40-46,48-53,55-57,66-67H,24-25,27,29-32,35-36H2,1-18H3/b20-19+,23-22+,26-21+,34-33+,39-28-/t38-,40-,41+,42-,43-,44-,45+,46?,48+,49?,50+,51+,52+,53-,55+,56+,57-/m1/s1. The summed E-state index contributed by atoms with van der Waals surface area (Å²) in [6, 6.07) is -1.23. The lowest BCUT2D eigenvalue weighted by Gasteiger charge is -2.35. The Morgan fingerprint density at radius 2 is 1.54 bits per heavy atom. The topological polar surface area (TPSA) is 200 Å². The van der Waals surface area contributed by atoms with E-state index < -0.39 is 90.3 Å². The zero-order valence-corrected chi connectivity index (χ0v) is 49.6. The molecule has 0 saturated heterocycles. The first-order chi connectivity index (χ1) is 35.7. The van der Waals surface area contributed by atoms with Crippen molar-refractivity contribution in [1.29, 1.82) is 0 Å². The smallest absolute Gasteiger partial charge is 0.331 e. The lowest BCUT2D eigenvalue weighted by atomic mass is 9.82. The number of carbonyl (C=O) groups excluding carboxylic acids is 5. The molecule has 17 nitrogen and oxygen atoms in total. The number of aliphatic hydroxyl groups is 2. The zero-order chi connectivity index (χ0) is 57.8. The van der Waals surface area contributed by atoms with Gasteiger partial charge in [-0.25, -0.2) is 4.79 Å². The minimum Gasteiger partial charge on any atom is -0.462 e. The van der Waals surface area contributed by atoms with Crippen LogP contribution in [0.4, 0.5) is 0 Å². The number of methoxy groups -OCH3 is 3. The van der Waals surface area contributed by atoms with Gasteiger partial charge in [0.2, 0.25) is 6.41 Å². The van der Waals surface area contributed by atoms with Crippen LogP contribution < -0.4 is 0 Å². The van der Waals surface area contributed by atoms with Crippen molar-refractivity contribution in [2.45, 2.75) is 182 Å². The van der Waals surface area contributed by atoms with Crippen molar-refractivity contribution in [3.8, 4) is 0 Å². The molecule has 0 aliphatic carbocycles. The number of hydrogen-bond acceptors (Lipinski definition) is 16. The number of allylic oxidation sites excluding steroid dienone is 3. The lowest BCUT2D eigenvalue weighted by Crippen LogP contribution is -2.44. The summed E-state index contributed by atoms with van der Waals surface area (Å²) in [7, 11) is 13.6. The summed E-state index contributed by atoms with van der Waals surface area (Å²) in [5.74, 6) is -4.21. The maximum absolute atomic E-state index is 13.6. The van der Waals surface area contributed by atoms with Crippen LogP contribution >= 0.6 is 0 Å². The van der Waals surface area contributed by atoms with Gasteiger partial charge in [0.05, 0.1) is 31.0 Å². The van der Waals surface area contributed by atoms with Crippen LogP contribution in [-0.4, -0.2) is 179 Å². The second-order valence-corrected chi connectivity index (χ2v) is 21.9. The molecule has 1 aliphatic heterocycles. The highest BCUT2D eigenvalue weighted by Gasteiger charge is 2.38. The minimum absolute atomic E-state index is 0.129. The molecule has 0 bridgehead atoms. The molecule has 1 amide bonds. The van der Waals surface area contributed by atoms with Gasteiger partial charge in [-0.3, -0.25) is 29.0 Å². The highest BCUT2D eigenvalue weighted by Crippen LogP contribution is 2.32. The van der Waals surface area contributed by atoms with Gasteiger partial charge in [-0.2, -0.15) is 0 Å². The van der Waals surface area contributed by atoms with Crippen LogP contribution in [0.15, 0.2) is 60.4 Å². The molecule has 1 aliphatic rings. The summed E-state index contributed by atoms with van der Waals surface area (Å²) in [6.45, 7) is 18.8. The number of aliphatic hydroxyl groups excluding tert-OH is 2. The van der Waals surface area contributed by atoms with Crippen LogP contribution in [0.25, 0.3) is 0 Å². The van der Waals surface area contributed by atoms with E-state index in [1.807, 2.05) is 53.7 Å². The summed E-state index contributed by atoms with van der Waals surface area (Å²) >= 11 is 0. The Bertz CT molecular complexity index is 1870. The van der Waals surface area contributed by atoms with Gasteiger partial charge in [0.25, 0.3) is 0 Å². The van der Waals surface area contributed by atoms with E-state index in [1.54, 1.807) is 96.7 Å². The molecule has 1 rings (SSSR count). The van der Waals surface area contributed by atoms with E-state index in [2.05, 4.69) is 19.9 Å². The fourth-order valence-corrected chi connectivity index (χ4v) is 9.39. The average Bonchev–Trinajstić information content (AvgIpc) is 3.38. The summed E-state index contributed by atoms with van der Waals surface area (Å²) in [6.07, 6.45) is 15.5. The van der Waals surface area contributed by atoms with E-state index in [0.29, 0.717) is 32.1 Å². The Kier molecular flexibility index (Phi) is 33.8. The van der Waals surface area contributed by atoms with E-state index in [4.69, 9.17) is 33.2 Å². The van der Waals surface area contributed by atoms with Crippen molar-refractivity contribution in [1.82, 2.24) is 14.7 Å². The number of cyclic esters (lactones) is 1. The molecular formula is C59H101N3O14. The Balaban J connectivity index is 3.70. The Morgan fingerprint density at radius 1 is 0.868 bits per heavy atom. The maximum atomic E-state index is 13.6. The highest BCUT2D eigenvalue weighted by atomic mass is 16.6. The van der Waals surface area contributed by atoms with Gasteiger partial charge < -0.3 is 48.3 Å². The average molecular weight is 1080 g/mol. The number of amides is 1. The molecule has 0 radical (unpaired) electrons. The van der Waals surface area contributed by atoms with Crippen molar-refractivity contribution < 1.29 is 67.3 Å². The third-order valence-corrected chi connectivity index (χ3v) is 15.2. The molecule has 1 heterocycles. The molecule has 76 heavy (non-hydrogen) atoms. The van der Waals surface area contributed by atoms with Crippen molar-refractivity contribution in [3.05, 3.63) is 60.4 Å². The molecule has 436 valence electrons. The molecule has 17 heteroatoms. The lowest BCUT2D eigenvalue weighted by molar-refractivity contribution is -0.166. The van der Waals surface area contributed by atoms with E-state index in [1.165, 1.54) is 25.0 Å². The molecule has 0 aromatic rings. The van der Waals surface area contributed by atoms with E-state index in [-0.39, 0.29) is 55.3 Å². The second kappa shape index (κ2) is 36.8. The van der Waals surface area contributed by atoms with Gasteiger partial charge in [-0.15, -0.1) is 0 Å². The van der Waals surface area contributed by atoms with Crippen LogP contribution in [-0.2, 0) is 57.1 Å². The number of carbonyl (C=O) groups is 5. The van der Waals surface area contributed by atoms with E-state index >= 15 is 0 Å². The van der Waals surface area contributed by atoms with Crippen LogP contribution in [0.5, 0.6) is 0 Å². The van der Waals surface area contributed by atoms with Crippen LogP contribution in [0.1, 0.15) is 121 Å². The number of rotatable bonds is 23. The van der Waals surface area contributed by atoms with Crippen LogP contribution in [0.2, 0.25) is 0 Å². The molecule has 0 saturated carbocycles. The van der Waals surface area contributed by atoms with Gasteiger partial charge in [0.15, 0.2) is 0 Å². The monoisotopic (exact) mass is 1080 g/mol. The minimum atomic E-state index is -0.973. The first-order valence-corrected chi connectivity index (χ1v) is 27.3. The number of esters is 4. The van der Waals surface area contributed by atoms with Crippen LogP contribution in [0.3, 0.4) is 0 Å². The molecule has 0 aromatic heterocycles. The van der Waals surface area contributed by atoms with Gasteiger partial charge in [-0.05, 0) is 104 Å². The largest absolute Gasteiger partial charge is 0.462 e. The van der Waals surface area contributed by atoms with Crippen molar-refractivity contribution in [2.24, 2.45) is 41.4 Å². The molecule has 2 unspecified atom stereocenters. The summed E-state index contributed by atoms with van der Waals surface area (Å²) in [5, 5.41) is 23.8. The summed E-state index contributed by atoms with van der Waals surface area (Å²) < 4.78 is 41.5. The predicted octanol–water partition coefficient (Wildman–Crippen LogP) is 7.74. The van der Waals surface area contributed by atoms with E-state index in [0.717, 1.165) is 18.4 Å². The first kappa shape index (κ1) is 69.8. The SMILES string of the molecule is COCC(C(=O)O[C@H]1C/C=C/C=C/C(=O)O[C@H]([C@@H](C)[C@@H](O)[C@@H](C)CC[C@@H](OC(=O)C(C)N(C)C)[C@H](C)[C@H](OC(C)=O)[C@H](C)/C=C/N(C)C=O)C/C=C/[C@H](OC)C[C@H](C)C/C=C(/C)[C@@H](OC)CC[C@@H](C)[C@H](O)[C@@H]1C)N(C)C. The number of ether oxygens (including phenoxy) is 7. The Morgan fingerprint density at radius 3 is 2.12 bits per heavy atom. The van der Waals surface area contributed by atoms with Crippen LogP contribution in [0, 0.1) is 41.4 Å². The number of nitrogens with zero attached hydrogens (tertiary/aromatic N) is 3. The highest BCUT2D eigenvalue weighted by molar-refractivity contribution is 5.82. The Hall–Kier alpha value is -4.23. The molecule has 17 atom stereocenters. The molecular weight excluding hydrogens is 975 g/mol. The third-order valence-electron chi connectivity index (χ3n) is 15.2. The van der Waals surface area contributed by atoms with Crippen molar-refractivity contribution >= 4 is 30.3 Å². The fourth-order valence-electron chi connectivity index (χ4n) is 9.39. The normalized spacial score (nSPS) is 28.6. The van der Waals surface area contributed by atoms with Gasteiger partial charge >= 0.3 is 23.9 Å². The van der Waals surface area contributed by atoms with Gasteiger partial charge in [0, 0.05) is 84.1 Å². The maximum Gasteiger partial charge on any atom is 0.331 e.